The molecule has 4 aliphatic heterocycles. The summed E-state index contributed by atoms with van der Waals surface area (Å²) < 4.78 is 0. The van der Waals surface area contributed by atoms with E-state index < -0.39 is 0 Å². The van der Waals surface area contributed by atoms with Gasteiger partial charge in [-0.2, -0.15) is 0 Å². The van der Waals surface area contributed by atoms with Crippen LogP contribution < -0.4 is 37.7 Å². The van der Waals surface area contributed by atoms with Gasteiger partial charge < -0.3 is 4.90 Å². The molecule has 0 spiro atoms. The maximum atomic E-state index is 3.98. The zero-order valence-electron chi connectivity index (χ0n) is 26.9. The summed E-state index contributed by atoms with van der Waals surface area (Å²) in [5.74, 6) is 0. The molecule has 0 amide bonds. The summed E-state index contributed by atoms with van der Waals surface area (Å²) >= 11 is 0. The molecule has 4 aliphatic rings. The summed E-state index contributed by atoms with van der Waals surface area (Å²) in [4.78, 5) is 2.61. The van der Waals surface area contributed by atoms with Gasteiger partial charge in [-0.3, -0.25) is 0 Å². The van der Waals surface area contributed by atoms with E-state index in [1.165, 1.54) is 94.3 Å². The van der Waals surface area contributed by atoms with Gasteiger partial charge in [-0.05, 0) is 102 Å². The standard InChI is InChI=1S/C46H29B2N/c1-3-28-15-19-30(20-16-28)32-23-24-39-36(25-32)35-10-7-14-42-44(35)48(39)41-13-8-12-40-46(41)49(42)43-27-33(31-21-17-29(4-2)18-22-31)26-37-34-9-5-6-11-38(34)47(40)45(37)43/h3-27H,1-2H2. The first-order chi connectivity index (χ1) is 24.2. The molecule has 0 saturated heterocycles. The highest BCUT2D eigenvalue weighted by Gasteiger charge is 2.49. The summed E-state index contributed by atoms with van der Waals surface area (Å²) in [7, 11) is 0. The van der Waals surface area contributed by atoms with Gasteiger partial charge in [0.2, 0.25) is 13.4 Å². The molecule has 3 heteroatoms. The Labute approximate surface area is 287 Å². The minimum Gasteiger partial charge on any atom is -0.312 e. The lowest BCUT2D eigenvalue weighted by Gasteiger charge is -2.42. The molecular formula is C46H29B2N. The second-order valence-electron chi connectivity index (χ2n) is 13.7. The van der Waals surface area contributed by atoms with Gasteiger partial charge >= 0.3 is 0 Å². The molecule has 224 valence electrons. The molecule has 11 rings (SSSR count). The van der Waals surface area contributed by atoms with Crippen LogP contribution >= 0.6 is 0 Å². The topological polar surface area (TPSA) is 3.24 Å². The van der Waals surface area contributed by atoms with Crippen molar-refractivity contribution in [3.8, 4) is 44.5 Å². The maximum absolute atomic E-state index is 3.98. The highest BCUT2D eigenvalue weighted by atomic mass is 15.2. The van der Waals surface area contributed by atoms with Gasteiger partial charge in [0.15, 0.2) is 0 Å². The van der Waals surface area contributed by atoms with Gasteiger partial charge in [0.25, 0.3) is 0 Å². The molecule has 1 nitrogen and oxygen atoms in total. The smallest absolute Gasteiger partial charge is 0.248 e. The highest BCUT2D eigenvalue weighted by Crippen LogP contribution is 2.45. The Kier molecular flexibility index (Phi) is 5.36. The summed E-state index contributed by atoms with van der Waals surface area (Å²) in [5.41, 5.74) is 25.0. The van der Waals surface area contributed by atoms with Crippen molar-refractivity contribution in [3.05, 3.63) is 164 Å². The van der Waals surface area contributed by atoms with Crippen LogP contribution in [0, 0.1) is 0 Å². The third kappa shape index (κ3) is 3.52. The lowest BCUT2D eigenvalue weighted by Crippen LogP contribution is -2.62. The maximum Gasteiger partial charge on any atom is 0.248 e. The second kappa shape index (κ2) is 9.75. The Morgan fingerprint density at radius 1 is 0.408 bits per heavy atom. The van der Waals surface area contributed by atoms with Gasteiger partial charge in [0, 0.05) is 17.1 Å². The van der Waals surface area contributed by atoms with Gasteiger partial charge in [-0.25, -0.2) is 0 Å². The molecular weight excluding hydrogens is 588 g/mol. The molecule has 7 aromatic rings. The molecule has 0 radical (unpaired) electrons. The number of hydrogen-bond donors (Lipinski definition) is 0. The molecule has 49 heavy (non-hydrogen) atoms. The average Bonchev–Trinajstić information content (AvgIpc) is 3.68. The van der Waals surface area contributed by atoms with Crippen molar-refractivity contribution in [2.75, 3.05) is 4.90 Å². The van der Waals surface area contributed by atoms with Crippen LogP contribution in [0.2, 0.25) is 0 Å². The molecule has 0 N–H and O–H groups in total. The van der Waals surface area contributed by atoms with Crippen molar-refractivity contribution >= 4 is 75.4 Å². The van der Waals surface area contributed by atoms with Gasteiger partial charge in [0.05, 0.1) is 0 Å². The van der Waals surface area contributed by atoms with Crippen molar-refractivity contribution in [1.82, 2.24) is 0 Å². The van der Waals surface area contributed by atoms with Crippen LogP contribution in [-0.2, 0) is 0 Å². The largest absolute Gasteiger partial charge is 0.312 e. The van der Waals surface area contributed by atoms with E-state index in [-0.39, 0.29) is 13.4 Å². The van der Waals surface area contributed by atoms with Gasteiger partial charge in [-0.15, -0.1) is 0 Å². The average molecular weight is 617 g/mol. The van der Waals surface area contributed by atoms with Crippen LogP contribution in [0.25, 0.3) is 56.7 Å². The molecule has 0 fully saturated rings. The molecule has 0 aliphatic carbocycles. The van der Waals surface area contributed by atoms with Crippen molar-refractivity contribution in [2.45, 2.75) is 0 Å². The Morgan fingerprint density at radius 2 is 0.959 bits per heavy atom. The molecule has 0 bridgehead atoms. The number of anilines is 3. The third-order valence-corrected chi connectivity index (χ3v) is 11.4. The van der Waals surface area contributed by atoms with E-state index in [1.807, 2.05) is 12.2 Å². The fourth-order valence-electron chi connectivity index (χ4n) is 9.27. The van der Waals surface area contributed by atoms with Crippen LogP contribution in [0.4, 0.5) is 17.1 Å². The zero-order chi connectivity index (χ0) is 32.4. The molecule has 7 aromatic carbocycles. The quantitative estimate of drug-likeness (QED) is 0.186. The summed E-state index contributed by atoms with van der Waals surface area (Å²) in [5, 5.41) is 0. The van der Waals surface area contributed by atoms with E-state index in [0.29, 0.717) is 0 Å². The fourth-order valence-corrected chi connectivity index (χ4v) is 9.27. The third-order valence-electron chi connectivity index (χ3n) is 11.4. The molecule has 0 aromatic heterocycles. The number of hydrogen-bond acceptors (Lipinski definition) is 1. The van der Waals surface area contributed by atoms with E-state index in [1.54, 1.807) is 0 Å². The van der Waals surface area contributed by atoms with Crippen LogP contribution in [-0.4, -0.2) is 13.4 Å². The first-order valence-corrected chi connectivity index (χ1v) is 17.1. The number of para-hydroxylation sites is 1. The van der Waals surface area contributed by atoms with Crippen molar-refractivity contribution in [1.29, 1.82) is 0 Å². The first-order valence-electron chi connectivity index (χ1n) is 17.1. The number of rotatable bonds is 4. The predicted octanol–water partition coefficient (Wildman–Crippen LogP) is 7.40. The van der Waals surface area contributed by atoms with E-state index in [2.05, 4.69) is 158 Å². The second-order valence-corrected chi connectivity index (χ2v) is 13.7. The van der Waals surface area contributed by atoms with Crippen LogP contribution in [0.3, 0.4) is 0 Å². The van der Waals surface area contributed by atoms with Crippen LogP contribution in [0.5, 0.6) is 0 Å². The van der Waals surface area contributed by atoms with E-state index >= 15 is 0 Å². The molecule has 4 heterocycles. The number of nitrogens with zero attached hydrogens (tertiary/aromatic N) is 1. The summed E-state index contributed by atoms with van der Waals surface area (Å²) in [6, 6.07) is 52.6. The lowest BCUT2D eigenvalue weighted by atomic mass is 9.32. The van der Waals surface area contributed by atoms with Crippen molar-refractivity contribution < 1.29 is 0 Å². The minimum atomic E-state index is 0.192. The molecule has 0 atom stereocenters. The van der Waals surface area contributed by atoms with Gasteiger partial charge in [0.1, 0.15) is 0 Å². The number of fused-ring (bicyclic) bond motifs is 10. The number of benzene rings is 7. The zero-order valence-corrected chi connectivity index (χ0v) is 26.9. The SMILES string of the molecule is C=Cc1ccc(-c2ccc3c(c2)-c2cccc4c2B3c2cccc3c2N4c2cc(-c4ccc(C=C)cc4)cc4c2B3c2ccccc2-4)cc1. The monoisotopic (exact) mass is 617 g/mol. The summed E-state index contributed by atoms with van der Waals surface area (Å²) in [6.45, 7) is 8.31. The minimum absolute atomic E-state index is 0.192. The Balaban J connectivity index is 1.18. The fraction of sp³-hybridized carbons (Fsp3) is 0. The van der Waals surface area contributed by atoms with Crippen molar-refractivity contribution in [3.63, 3.8) is 0 Å². The van der Waals surface area contributed by atoms with E-state index in [0.717, 1.165) is 11.1 Å². The Morgan fingerprint density at radius 3 is 1.67 bits per heavy atom. The van der Waals surface area contributed by atoms with Crippen LogP contribution in [0.1, 0.15) is 11.1 Å². The normalized spacial score (nSPS) is 13.3. The highest BCUT2D eigenvalue weighted by molar-refractivity contribution is 7.05. The van der Waals surface area contributed by atoms with Crippen molar-refractivity contribution in [2.24, 2.45) is 0 Å². The molecule has 0 unspecified atom stereocenters. The Hall–Kier alpha value is -6.05. The lowest BCUT2D eigenvalue weighted by molar-refractivity contribution is 1.31. The Bertz CT molecular complexity index is 2600. The van der Waals surface area contributed by atoms with Gasteiger partial charge in [-0.1, -0.05) is 151 Å². The van der Waals surface area contributed by atoms with Crippen LogP contribution in [0.15, 0.2) is 153 Å². The summed E-state index contributed by atoms with van der Waals surface area (Å²) in [6.07, 6.45) is 3.81. The first kappa shape index (κ1) is 27.0. The van der Waals surface area contributed by atoms with E-state index in [4.69, 9.17) is 0 Å². The van der Waals surface area contributed by atoms with E-state index in [9.17, 15) is 0 Å². The molecule has 0 saturated carbocycles. The predicted molar refractivity (Wildman–Crippen MR) is 212 cm³/mol.